The van der Waals surface area contributed by atoms with Gasteiger partial charge in [-0.05, 0) is 43.6 Å². The summed E-state index contributed by atoms with van der Waals surface area (Å²) in [6.45, 7) is 2.95. The molecule has 6 nitrogen and oxygen atoms in total. The van der Waals surface area contributed by atoms with Crippen molar-refractivity contribution in [3.8, 4) is 5.75 Å². The molecule has 1 aliphatic rings. The molecular formula is C24H26N2O4. The number of benzene rings is 2. The van der Waals surface area contributed by atoms with Crippen molar-refractivity contribution in [3.05, 3.63) is 76.1 Å². The average molecular weight is 406 g/mol. The highest BCUT2D eigenvalue weighted by atomic mass is 16.4. The van der Waals surface area contributed by atoms with Gasteiger partial charge in [0.25, 0.3) is 0 Å². The van der Waals surface area contributed by atoms with Crippen molar-refractivity contribution in [2.45, 2.75) is 31.6 Å². The molecule has 0 spiro atoms. The highest BCUT2D eigenvalue weighted by Gasteiger charge is 2.26. The SMILES string of the molecule is O=c1oc2ccccc2c(O)c1[C@H](C/C(CCN1CCCC1)=N\O)c1ccccc1. The van der Waals surface area contributed by atoms with Crippen LogP contribution in [0.3, 0.4) is 0 Å². The van der Waals surface area contributed by atoms with E-state index < -0.39 is 11.5 Å². The van der Waals surface area contributed by atoms with E-state index >= 15 is 0 Å². The van der Waals surface area contributed by atoms with Gasteiger partial charge in [0.1, 0.15) is 11.3 Å². The topological polar surface area (TPSA) is 86.3 Å². The molecule has 1 aliphatic heterocycles. The van der Waals surface area contributed by atoms with Crippen LogP contribution in [0.1, 0.15) is 42.7 Å². The summed E-state index contributed by atoms with van der Waals surface area (Å²) < 4.78 is 5.51. The molecule has 0 saturated carbocycles. The second-order valence-electron chi connectivity index (χ2n) is 7.78. The number of hydrogen-bond acceptors (Lipinski definition) is 6. The third kappa shape index (κ3) is 4.24. The van der Waals surface area contributed by atoms with Gasteiger partial charge in [-0.15, -0.1) is 0 Å². The van der Waals surface area contributed by atoms with Gasteiger partial charge in [-0.3, -0.25) is 0 Å². The van der Waals surface area contributed by atoms with Crippen molar-refractivity contribution in [1.82, 2.24) is 4.90 Å². The van der Waals surface area contributed by atoms with Gasteiger partial charge < -0.3 is 19.6 Å². The molecule has 2 aromatic carbocycles. The minimum Gasteiger partial charge on any atom is -0.507 e. The molecular weight excluding hydrogens is 380 g/mol. The lowest BCUT2D eigenvalue weighted by Gasteiger charge is -2.20. The number of fused-ring (bicyclic) bond motifs is 1. The Morgan fingerprint density at radius 3 is 2.50 bits per heavy atom. The van der Waals surface area contributed by atoms with Crippen LogP contribution in [0.25, 0.3) is 11.0 Å². The molecule has 1 atom stereocenters. The molecule has 3 aromatic rings. The van der Waals surface area contributed by atoms with Gasteiger partial charge in [0.15, 0.2) is 0 Å². The molecule has 1 saturated heterocycles. The van der Waals surface area contributed by atoms with E-state index in [0.717, 1.165) is 25.2 Å². The van der Waals surface area contributed by atoms with Crippen molar-refractivity contribution >= 4 is 16.7 Å². The molecule has 6 heteroatoms. The first-order chi connectivity index (χ1) is 14.7. The Bertz CT molecular complexity index is 1090. The summed E-state index contributed by atoms with van der Waals surface area (Å²) in [7, 11) is 0. The first-order valence-electron chi connectivity index (χ1n) is 10.4. The van der Waals surface area contributed by atoms with Crippen LogP contribution in [-0.2, 0) is 0 Å². The van der Waals surface area contributed by atoms with E-state index in [4.69, 9.17) is 4.42 Å². The predicted molar refractivity (Wildman–Crippen MR) is 117 cm³/mol. The monoisotopic (exact) mass is 406 g/mol. The van der Waals surface area contributed by atoms with Crippen LogP contribution < -0.4 is 5.63 Å². The highest BCUT2D eigenvalue weighted by Crippen LogP contribution is 2.36. The van der Waals surface area contributed by atoms with Gasteiger partial charge in [-0.1, -0.05) is 47.6 Å². The van der Waals surface area contributed by atoms with Gasteiger partial charge in [0.2, 0.25) is 0 Å². The summed E-state index contributed by atoms with van der Waals surface area (Å²) >= 11 is 0. The summed E-state index contributed by atoms with van der Waals surface area (Å²) in [6, 6.07) is 16.4. The fourth-order valence-electron chi connectivity index (χ4n) is 4.25. The number of hydrogen-bond donors (Lipinski definition) is 2. The lowest BCUT2D eigenvalue weighted by atomic mass is 9.86. The zero-order chi connectivity index (χ0) is 20.9. The maximum atomic E-state index is 12.9. The Kier molecular flexibility index (Phi) is 6.14. The largest absolute Gasteiger partial charge is 0.507 e. The van der Waals surface area contributed by atoms with Gasteiger partial charge in [-0.2, -0.15) is 0 Å². The number of likely N-dealkylation sites (tertiary alicyclic amines) is 1. The zero-order valence-corrected chi connectivity index (χ0v) is 16.8. The molecule has 2 heterocycles. The maximum Gasteiger partial charge on any atom is 0.343 e. The first kappa shape index (κ1) is 20.2. The Hall–Kier alpha value is -3.12. The van der Waals surface area contributed by atoms with E-state index in [-0.39, 0.29) is 11.3 Å². The Balaban J connectivity index is 1.70. The lowest BCUT2D eigenvalue weighted by Crippen LogP contribution is -2.24. The third-order valence-corrected chi connectivity index (χ3v) is 5.87. The van der Waals surface area contributed by atoms with Crippen molar-refractivity contribution in [1.29, 1.82) is 0 Å². The van der Waals surface area contributed by atoms with E-state index in [1.54, 1.807) is 24.3 Å². The van der Waals surface area contributed by atoms with Gasteiger partial charge in [-0.25, -0.2) is 4.79 Å². The Morgan fingerprint density at radius 2 is 1.77 bits per heavy atom. The zero-order valence-electron chi connectivity index (χ0n) is 16.8. The number of oxime groups is 1. The maximum absolute atomic E-state index is 12.9. The van der Waals surface area contributed by atoms with Crippen LogP contribution in [-0.4, -0.2) is 40.6 Å². The Labute approximate surface area is 175 Å². The van der Waals surface area contributed by atoms with E-state index in [0.29, 0.717) is 29.5 Å². The summed E-state index contributed by atoms with van der Waals surface area (Å²) in [5.41, 5.74) is 1.43. The van der Waals surface area contributed by atoms with Crippen LogP contribution in [0.4, 0.5) is 0 Å². The normalized spacial score (nSPS) is 16.2. The van der Waals surface area contributed by atoms with Crippen LogP contribution in [0.2, 0.25) is 0 Å². The van der Waals surface area contributed by atoms with Crippen molar-refractivity contribution in [3.63, 3.8) is 0 Å². The molecule has 0 amide bonds. The lowest BCUT2D eigenvalue weighted by molar-refractivity contribution is 0.310. The Morgan fingerprint density at radius 1 is 1.07 bits per heavy atom. The van der Waals surface area contributed by atoms with Gasteiger partial charge in [0, 0.05) is 25.3 Å². The summed E-state index contributed by atoms with van der Waals surface area (Å²) in [5, 5.41) is 24.7. The number of para-hydroxylation sites is 1. The van der Waals surface area contributed by atoms with E-state index in [1.807, 2.05) is 30.3 Å². The minimum atomic E-state index is -0.572. The van der Waals surface area contributed by atoms with Crippen LogP contribution in [0.5, 0.6) is 5.75 Å². The number of aromatic hydroxyl groups is 1. The third-order valence-electron chi connectivity index (χ3n) is 5.87. The fraction of sp³-hybridized carbons (Fsp3) is 0.333. The second-order valence-corrected chi connectivity index (χ2v) is 7.78. The molecule has 0 bridgehead atoms. The molecule has 1 aromatic heterocycles. The standard InChI is InChI=1S/C24H26N2O4/c27-23-19-10-4-5-11-21(19)30-24(28)22(23)20(17-8-2-1-3-9-17)16-18(25-29)12-15-26-13-6-7-14-26/h1-5,8-11,20,27,29H,6-7,12-16H2/b25-18-/t20-/m1/s1. The molecule has 30 heavy (non-hydrogen) atoms. The van der Waals surface area contributed by atoms with Crippen molar-refractivity contribution in [2.75, 3.05) is 19.6 Å². The molecule has 1 fully saturated rings. The van der Waals surface area contributed by atoms with Crippen LogP contribution in [0.15, 0.2) is 69.0 Å². The quantitative estimate of drug-likeness (QED) is 0.264. The van der Waals surface area contributed by atoms with Crippen LogP contribution >= 0.6 is 0 Å². The molecule has 4 rings (SSSR count). The molecule has 0 aliphatic carbocycles. The molecule has 156 valence electrons. The average Bonchev–Trinajstić information content (AvgIpc) is 3.29. The van der Waals surface area contributed by atoms with Gasteiger partial charge >= 0.3 is 5.63 Å². The van der Waals surface area contributed by atoms with Crippen molar-refractivity contribution in [2.24, 2.45) is 5.16 Å². The smallest absolute Gasteiger partial charge is 0.343 e. The van der Waals surface area contributed by atoms with Crippen molar-refractivity contribution < 1.29 is 14.7 Å². The number of rotatable bonds is 7. The molecule has 2 N–H and O–H groups in total. The summed E-state index contributed by atoms with van der Waals surface area (Å²) in [4.78, 5) is 15.2. The van der Waals surface area contributed by atoms with Gasteiger partial charge in [0.05, 0.1) is 16.7 Å². The molecule has 0 unspecified atom stereocenters. The summed E-state index contributed by atoms with van der Waals surface area (Å²) in [5.74, 6) is -0.552. The highest BCUT2D eigenvalue weighted by molar-refractivity contribution is 5.87. The van der Waals surface area contributed by atoms with Crippen LogP contribution in [0, 0.1) is 0 Å². The summed E-state index contributed by atoms with van der Waals surface area (Å²) in [6.07, 6.45) is 3.33. The molecule has 0 radical (unpaired) electrons. The second kappa shape index (κ2) is 9.13. The first-order valence-corrected chi connectivity index (χ1v) is 10.4. The fourth-order valence-corrected chi connectivity index (χ4v) is 4.25. The van der Waals surface area contributed by atoms with E-state index in [9.17, 15) is 15.1 Å². The predicted octanol–water partition coefficient (Wildman–Crippen LogP) is 4.34. The van der Waals surface area contributed by atoms with E-state index in [1.165, 1.54) is 12.8 Å². The number of nitrogens with zero attached hydrogens (tertiary/aromatic N) is 2. The minimum absolute atomic E-state index is 0.0764. The van der Waals surface area contributed by atoms with E-state index in [2.05, 4.69) is 10.1 Å².